The van der Waals surface area contributed by atoms with Crippen molar-refractivity contribution >= 4 is 16.9 Å². The van der Waals surface area contributed by atoms with Crippen molar-refractivity contribution < 1.29 is 19.4 Å². The lowest BCUT2D eigenvalue weighted by atomic mass is 9.95. The molecule has 0 aliphatic carbocycles. The molecule has 0 aliphatic rings. The predicted molar refractivity (Wildman–Crippen MR) is 116 cm³/mol. The Hall–Kier alpha value is -3.60. The van der Waals surface area contributed by atoms with E-state index in [-0.39, 0.29) is 23.0 Å². The van der Waals surface area contributed by atoms with Gasteiger partial charge in [0.05, 0.1) is 11.1 Å². The van der Waals surface area contributed by atoms with Crippen LogP contribution in [0.3, 0.4) is 0 Å². The van der Waals surface area contributed by atoms with Gasteiger partial charge in [-0.2, -0.15) is 0 Å². The van der Waals surface area contributed by atoms with Crippen molar-refractivity contribution in [2.75, 3.05) is 0 Å². The summed E-state index contributed by atoms with van der Waals surface area (Å²) < 4.78 is 16.0. The van der Waals surface area contributed by atoms with Crippen LogP contribution in [-0.2, 0) is 0 Å². The zero-order valence-electron chi connectivity index (χ0n) is 17.0. The van der Waals surface area contributed by atoms with Gasteiger partial charge in [0.2, 0.25) is 0 Å². The van der Waals surface area contributed by atoms with E-state index >= 15 is 0 Å². The number of benzene rings is 3. The molecule has 0 saturated heterocycles. The summed E-state index contributed by atoms with van der Waals surface area (Å²) in [6.07, 6.45) is 0. The molecule has 30 heavy (non-hydrogen) atoms. The quantitative estimate of drug-likeness (QED) is 0.422. The summed E-state index contributed by atoms with van der Waals surface area (Å²) in [6.45, 7) is 5.85. The van der Waals surface area contributed by atoms with Crippen LogP contribution in [0.1, 0.15) is 41.4 Å². The third-order valence-corrected chi connectivity index (χ3v) is 5.33. The molecule has 0 atom stereocenters. The Kier molecular flexibility index (Phi) is 4.82. The number of aromatic hydroxyl groups is 1. The van der Waals surface area contributed by atoms with Crippen molar-refractivity contribution in [3.63, 3.8) is 0 Å². The van der Waals surface area contributed by atoms with Gasteiger partial charge in [-0.1, -0.05) is 26.0 Å². The standard InChI is InChI=1S/C25H22FNO3/c1-14(2)24-23(16-5-4-6-17(12-16)25(29)30)20-13-19(28)8-10-22(20)27(24)18-7-9-21(26)15(3)11-18/h4-14,28H,1-3H3,(H,29,30). The largest absolute Gasteiger partial charge is 0.508 e. The van der Waals surface area contributed by atoms with Gasteiger partial charge < -0.3 is 14.8 Å². The molecule has 152 valence electrons. The van der Waals surface area contributed by atoms with E-state index in [9.17, 15) is 19.4 Å². The molecule has 4 aromatic rings. The van der Waals surface area contributed by atoms with Crippen LogP contribution in [0.2, 0.25) is 0 Å². The maximum atomic E-state index is 13.9. The van der Waals surface area contributed by atoms with Crippen LogP contribution in [0.4, 0.5) is 4.39 Å². The number of carboxylic acids is 1. The normalized spacial score (nSPS) is 11.4. The van der Waals surface area contributed by atoms with E-state index in [1.54, 1.807) is 49.4 Å². The second-order valence-corrected chi connectivity index (χ2v) is 7.77. The van der Waals surface area contributed by atoms with Gasteiger partial charge in [-0.15, -0.1) is 0 Å². The first-order valence-corrected chi connectivity index (χ1v) is 9.75. The monoisotopic (exact) mass is 403 g/mol. The Morgan fingerprint density at radius 3 is 2.47 bits per heavy atom. The van der Waals surface area contributed by atoms with Crippen molar-refractivity contribution in [3.8, 4) is 22.6 Å². The van der Waals surface area contributed by atoms with Gasteiger partial charge in [0.1, 0.15) is 11.6 Å². The van der Waals surface area contributed by atoms with Crippen molar-refractivity contribution in [1.82, 2.24) is 4.57 Å². The summed E-state index contributed by atoms with van der Waals surface area (Å²) in [7, 11) is 0. The lowest BCUT2D eigenvalue weighted by Gasteiger charge is -2.16. The van der Waals surface area contributed by atoms with E-state index in [0.29, 0.717) is 5.56 Å². The second-order valence-electron chi connectivity index (χ2n) is 7.77. The minimum atomic E-state index is -0.997. The number of hydrogen-bond donors (Lipinski definition) is 2. The molecule has 1 aromatic heterocycles. The molecule has 2 N–H and O–H groups in total. The molecule has 0 radical (unpaired) electrons. The average Bonchev–Trinajstić information content (AvgIpc) is 3.04. The van der Waals surface area contributed by atoms with Gasteiger partial charge in [-0.25, -0.2) is 9.18 Å². The van der Waals surface area contributed by atoms with Crippen molar-refractivity contribution in [2.45, 2.75) is 26.7 Å². The minimum Gasteiger partial charge on any atom is -0.508 e. The molecule has 3 aromatic carbocycles. The highest BCUT2D eigenvalue weighted by Crippen LogP contribution is 2.42. The molecule has 0 fully saturated rings. The Labute approximate surface area is 173 Å². The molecule has 4 rings (SSSR count). The first-order chi connectivity index (χ1) is 14.3. The van der Waals surface area contributed by atoms with E-state index in [4.69, 9.17) is 0 Å². The Morgan fingerprint density at radius 1 is 1.03 bits per heavy atom. The third-order valence-electron chi connectivity index (χ3n) is 5.33. The Bertz CT molecular complexity index is 1290. The fourth-order valence-corrected chi connectivity index (χ4v) is 4.00. The number of aryl methyl sites for hydroxylation is 1. The molecule has 1 heterocycles. The average molecular weight is 403 g/mol. The number of rotatable bonds is 4. The lowest BCUT2D eigenvalue weighted by Crippen LogP contribution is -2.04. The van der Waals surface area contributed by atoms with Gasteiger partial charge in [0, 0.05) is 22.3 Å². The summed E-state index contributed by atoms with van der Waals surface area (Å²) in [4.78, 5) is 11.5. The molecular formula is C25H22FNO3. The highest BCUT2D eigenvalue weighted by molar-refractivity contribution is 6.01. The van der Waals surface area contributed by atoms with Gasteiger partial charge in [0.25, 0.3) is 0 Å². The Balaban J connectivity index is 2.14. The van der Waals surface area contributed by atoms with Crippen LogP contribution in [0.25, 0.3) is 27.7 Å². The third kappa shape index (κ3) is 3.22. The maximum Gasteiger partial charge on any atom is 0.335 e. The van der Waals surface area contributed by atoms with E-state index in [0.717, 1.165) is 33.4 Å². The molecular weight excluding hydrogens is 381 g/mol. The molecule has 4 nitrogen and oxygen atoms in total. The van der Waals surface area contributed by atoms with Crippen LogP contribution in [0.5, 0.6) is 5.75 Å². The fraction of sp³-hybridized carbons (Fsp3) is 0.160. The molecule has 0 unspecified atom stereocenters. The number of carbonyl (C=O) groups is 1. The number of phenolic OH excluding ortho intramolecular Hbond substituents is 1. The molecule has 0 amide bonds. The fourth-order valence-electron chi connectivity index (χ4n) is 4.00. The van der Waals surface area contributed by atoms with Gasteiger partial charge in [0.15, 0.2) is 0 Å². The predicted octanol–water partition coefficient (Wildman–Crippen LogP) is 6.27. The summed E-state index contributed by atoms with van der Waals surface area (Å²) in [5.74, 6) is -1.06. The van der Waals surface area contributed by atoms with Crippen molar-refractivity contribution in [1.29, 1.82) is 0 Å². The topological polar surface area (TPSA) is 62.5 Å². The lowest BCUT2D eigenvalue weighted by molar-refractivity contribution is 0.0697. The van der Waals surface area contributed by atoms with Crippen LogP contribution in [0, 0.1) is 12.7 Å². The summed E-state index contributed by atoms with van der Waals surface area (Å²) in [6, 6.07) is 16.9. The zero-order chi connectivity index (χ0) is 21.6. The Morgan fingerprint density at radius 2 is 1.80 bits per heavy atom. The van der Waals surface area contributed by atoms with E-state index in [1.807, 2.05) is 12.1 Å². The van der Waals surface area contributed by atoms with E-state index < -0.39 is 5.97 Å². The molecule has 0 bridgehead atoms. The number of aromatic carboxylic acids is 1. The number of carboxylic acid groups (broad SMARTS) is 1. The number of hydrogen-bond acceptors (Lipinski definition) is 2. The summed E-state index contributed by atoms with van der Waals surface area (Å²) >= 11 is 0. The molecule has 5 heteroatoms. The number of halogens is 1. The van der Waals surface area contributed by atoms with Crippen LogP contribution < -0.4 is 0 Å². The second kappa shape index (κ2) is 7.34. The highest BCUT2D eigenvalue weighted by Gasteiger charge is 2.23. The minimum absolute atomic E-state index is 0.0772. The van der Waals surface area contributed by atoms with Crippen LogP contribution in [0.15, 0.2) is 60.7 Å². The molecule has 0 spiro atoms. The SMILES string of the molecule is Cc1cc(-n2c(C(C)C)c(-c3cccc(C(=O)O)c3)c3cc(O)ccc32)ccc1F. The first-order valence-electron chi connectivity index (χ1n) is 9.75. The number of aromatic nitrogens is 1. The number of phenols is 1. The summed E-state index contributed by atoms with van der Waals surface area (Å²) in [5, 5.41) is 20.4. The van der Waals surface area contributed by atoms with Gasteiger partial charge >= 0.3 is 5.97 Å². The van der Waals surface area contributed by atoms with Crippen molar-refractivity contribution in [3.05, 3.63) is 83.3 Å². The van der Waals surface area contributed by atoms with Gasteiger partial charge in [-0.05, 0) is 72.5 Å². The van der Waals surface area contributed by atoms with E-state index in [2.05, 4.69) is 18.4 Å². The zero-order valence-corrected chi connectivity index (χ0v) is 17.0. The first kappa shape index (κ1) is 19.7. The van der Waals surface area contributed by atoms with E-state index in [1.165, 1.54) is 6.07 Å². The smallest absolute Gasteiger partial charge is 0.335 e. The highest BCUT2D eigenvalue weighted by atomic mass is 19.1. The number of fused-ring (bicyclic) bond motifs is 1. The molecule has 0 saturated carbocycles. The summed E-state index contributed by atoms with van der Waals surface area (Å²) in [5.41, 5.74) is 4.99. The molecule has 0 aliphatic heterocycles. The van der Waals surface area contributed by atoms with Crippen molar-refractivity contribution in [2.24, 2.45) is 0 Å². The number of nitrogens with zero attached hydrogens (tertiary/aromatic N) is 1. The maximum absolute atomic E-state index is 13.9. The van der Waals surface area contributed by atoms with Crippen LogP contribution >= 0.6 is 0 Å². The van der Waals surface area contributed by atoms with Gasteiger partial charge in [-0.3, -0.25) is 0 Å². The van der Waals surface area contributed by atoms with Crippen LogP contribution in [-0.4, -0.2) is 20.7 Å².